The fourth-order valence-corrected chi connectivity index (χ4v) is 0.167. The first kappa shape index (κ1) is 6.47. The van der Waals surface area contributed by atoms with E-state index in [0.29, 0.717) is 11.4 Å². The van der Waals surface area contributed by atoms with Crippen molar-refractivity contribution in [1.82, 2.24) is 0 Å². The predicted molar refractivity (Wildman–Crippen MR) is 31.0 cm³/mol. The molecule has 0 bridgehead atoms. The molecule has 0 amide bonds. The minimum atomic E-state index is 0.412. The van der Waals surface area contributed by atoms with E-state index in [4.69, 9.17) is 0 Å². The molecule has 7 heavy (non-hydrogen) atoms. The van der Waals surface area contributed by atoms with Crippen molar-refractivity contribution in [2.45, 2.75) is 13.3 Å². The maximum Gasteiger partial charge on any atom is 0.241 e. The van der Waals surface area contributed by atoms with Crippen LogP contribution < -0.4 is 0 Å². The number of nitrogens with zero attached hydrogens (tertiary/aromatic N) is 1. The SMILES string of the molecule is CCC(=S)N=C=O. The molecule has 0 saturated heterocycles. The van der Waals surface area contributed by atoms with E-state index < -0.39 is 0 Å². The van der Waals surface area contributed by atoms with E-state index >= 15 is 0 Å². The largest absolute Gasteiger partial charge is 0.241 e. The first-order valence-electron chi connectivity index (χ1n) is 1.92. The Balaban J connectivity index is 3.58. The summed E-state index contributed by atoms with van der Waals surface area (Å²) in [5, 5.41) is 0. The Labute approximate surface area is 47.2 Å². The van der Waals surface area contributed by atoms with Crippen LogP contribution in [0.15, 0.2) is 4.99 Å². The summed E-state index contributed by atoms with van der Waals surface area (Å²) in [4.78, 5) is 13.0. The molecular formula is C4H5NOS. The minimum Gasteiger partial charge on any atom is -0.211 e. The first-order chi connectivity index (χ1) is 3.31. The second-order valence-electron chi connectivity index (χ2n) is 0.950. The number of aliphatic imine (C=N–C) groups is 1. The van der Waals surface area contributed by atoms with Gasteiger partial charge in [0.15, 0.2) is 0 Å². The Morgan fingerprint density at radius 3 is 2.71 bits per heavy atom. The van der Waals surface area contributed by atoms with E-state index in [1.807, 2.05) is 6.92 Å². The molecule has 3 heteroatoms. The average molecular weight is 115 g/mol. The Morgan fingerprint density at radius 1 is 2.00 bits per heavy atom. The third-order valence-electron chi connectivity index (χ3n) is 0.473. The number of hydrogen-bond acceptors (Lipinski definition) is 2. The smallest absolute Gasteiger partial charge is 0.211 e. The Kier molecular flexibility index (Phi) is 3.38. The molecule has 0 atom stereocenters. The highest BCUT2D eigenvalue weighted by molar-refractivity contribution is 7.80. The highest BCUT2D eigenvalue weighted by Gasteiger charge is 1.81. The zero-order valence-corrected chi connectivity index (χ0v) is 4.79. The van der Waals surface area contributed by atoms with Crippen molar-refractivity contribution in [2.24, 2.45) is 4.99 Å². The molecule has 0 rings (SSSR count). The lowest BCUT2D eigenvalue weighted by Gasteiger charge is -1.77. The number of thiocarbonyl (C=S) groups is 1. The van der Waals surface area contributed by atoms with Gasteiger partial charge < -0.3 is 0 Å². The summed E-state index contributed by atoms with van der Waals surface area (Å²) >= 11 is 4.53. The molecule has 0 fully saturated rings. The van der Waals surface area contributed by atoms with Gasteiger partial charge >= 0.3 is 0 Å². The van der Waals surface area contributed by atoms with E-state index in [9.17, 15) is 4.79 Å². The second-order valence-corrected chi connectivity index (χ2v) is 1.42. The summed E-state index contributed by atoms with van der Waals surface area (Å²) in [5.41, 5.74) is 0. The van der Waals surface area contributed by atoms with Gasteiger partial charge in [-0.15, -0.1) is 0 Å². The van der Waals surface area contributed by atoms with Gasteiger partial charge in [0.05, 0.1) is 0 Å². The molecule has 0 aromatic rings. The Hall–Kier alpha value is -0.530. The van der Waals surface area contributed by atoms with Gasteiger partial charge in [-0.05, 0) is 6.42 Å². The fraction of sp³-hybridized carbons (Fsp3) is 0.500. The molecule has 0 aliphatic heterocycles. The van der Waals surface area contributed by atoms with Crippen molar-refractivity contribution in [3.05, 3.63) is 0 Å². The molecule has 38 valence electrons. The normalized spacial score (nSPS) is 7.00. The van der Waals surface area contributed by atoms with Crippen LogP contribution in [0.5, 0.6) is 0 Å². The van der Waals surface area contributed by atoms with E-state index in [1.54, 1.807) is 0 Å². The number of rotatable bonds is 1. The second kappa shape index (κ2) is 3.65. The summed E-state index contributed by atoms with van der Waals surface area (Å²) in [6.45, 7) is 1.84. The highest BCUT2D eigenvalue weighted by atomic mass is 32.1. The lowest BCUT2D eigenvalue weighted by molar-refractivity contribution is 0.565. The van der Waals surface area contributed by atoms with Crippen LogP contribution in [-0.4, -0.2) is 11.1 Å². The molecule has 0 saturated carbocycles. The molecule has 0 spiro atoms. The Morgan fingerprint density at radius 2 is 2.57 bits per heavy atom. The minimum absolute atomic E-state index is 0.412. The molecule has 0 heterocycles. The van der Waals surface area contributed by atoms with Crippen molar-refractivity contribution in [2.75, 3.05) is 0 Å². The van der Waals surface area contributed by atoms with Crippen LogP contribution in [0.2, 0.25) is 0 Å². The summed E-state index contributed by atoms with van der Waals surface area (Å²) < 4.78 is 0. The van der Waals surface area contributed by atoms with Crippen LogP contribution >= 0.6 is 12.2 Å². The summed E-state index contributed by atoms with van der Waals surface area (Å²) in [6, 6.07) is 0. The highest BCUT2D eigenvalue weighted by Crippen LogP contribution is 1.82. The molecule has 2 nitrogen and oxygen atoms in total. The Bertz CT molecular complexity index is 115. The standard InChI is InChI=1S/C4H5NOS/c1-2-4(7)5-3-6/h2H2,1H3. The van der Waals surface area contributed by atoms with Gasteiger partial charge in [0.2, 0.25) is 6.08 Å². The van der Waals surface area contributed by atoms with Crippen LogP contribution in [0.3, 0.4) is 0 Å². The predicted octanol–water partition coefficient (Wildman–Crippen LogP) is 1.06. The van der Waals surface area contributed by atoms with Crippen LogP contribution in [0.4, 0.5) is 0 Å². The van der Waals surface area contributed by atoms with Crippen LogP contribution in [0, 0.1) is 0 Å². The fourth-order valence-electron chi connectivity index (χ4n) is 0.130. The molecule has 0 aliphatic carbocycles. The summed E-state index contributed by atoms with van der Waals surface area (Å²) in [5.74, 6) is 0. The van der Waals surface area contributed by atoms with Crippen molar-refractivity contribution in [3.8, 4) is 0 Å². The van der Waals surface area contributed by atoms with Gasteiger partial charge in [-0.1, -0.05) is 19.1 Å². The molecule has 0 aromatic carbocycles. The molecule has 0 aliphatic rings. The quantitative estimate of drug-likeness (QED) is 0.290. The summed E-state index contributed by atoms with van der Waals surface area (Å²) in [6.07, 6.45) is 2.00. The maximum absolute atomic E-state index is 9.40. The van der Waals surface area contributed by atoms with Gasteiger partial charge in [-0.25, -0.2) is 4.79 Å². The van der Waals surface area contributed by atoms with Gasteiger partial charge in [0.25, 0.3) is 0 Å². The van der Waals surface area contributed by atoms with E-state index in [0.717, 1.165) is 0 Å². The molecule has 0 unspecified atom stereocenters. The van der Waals surface area contributed by atoms with Crippen molar-refractivity contribution in [3.63, 3.8) is 0 Å². The van der Waals surface area contributed by atoms with Crippen molar-refractivity contribution >= 4 is 23.3 Å². The van der Waals surface area contributed by atoms with Crippen LogP contribution in [0.25, 0.3) is 0 Å². The first-order valence-corrected chi connectivity index (χ1v) is 2.32. The number of carbonyl (C=O) groups excluding carboxylic acids is 1. The third-order valence-corrected chi connectivity index (χ3v) is 0.853. The molecular weight excluding hydrogens is 110 g/mol. The van der Waals surface area contributed by atoms with Gasteiger partial charge in [-0.2, -0.15) is 4.99 Å². The van der Waals surface area contributed by atoms with E-state index in [2.05, 4.69) is 17.2 Å². The molecule has 0 N–H and O–H groups in total. The van der Waals surface area contributed by atoms with E-state index in [1.165, 1.54) is 6.08 Å². The lowest BCUT2D eigenvalue weighted by Crippen LogP contribution is -1.81. The van der Waals surface area contributed by atoms with Gasteiger partial charge in [0, 0.05) is 0 Å². The van der Waals surface area contributed by atoms with Crippen molar-refractivity contribution in [1.29, 1.82) is 0 Å². The van der Waals surface area contributed by atoms with Gasteiger partial charge in [-0.3, -0.25) is 0 Å². The lowest BCUT2D eigenvalue weighted by atomic mass is 10.5. The average Bonchev–Trinajstić information content (AvgIpc) is 1.68. The number of isocyanates is 1. The van der Waals surface area contributed by atoms with E-state index in [-0.39, 0.29) is 0 Å². The molecule has 0 aromatic heterocycles. The number of hydrogen-bond donors (Lipinski definition) is 0. The monoisotopic (exact) mass is 115 g/mol. The topological polar surface area (TPSA) is 29.4 Å². The third kappa shape index (κ3) is 3.30. The maximum atomic E-state index is 9.40. The van der Waals surface area contributed by atoms with Crippen LogP contribution in [0.1, 0.15) is 13.3 Å². The summed E-state index contributed by atoms with van der Waals surface area (Å²) in [7, 11) is 0. The zero-order valence-electron chi connectivity index (χ0n) is 3.97. The van der Waals surface area contributed by atoms with Gasteiger partial charge in [0.1, 0.15) is 4.99 Å². The van der Waals surface area contributed by atoms with Crippen molar-refractivity contribution < 1.29 is 4.79 Å². The zero-order chi connectivity index (χ0) is 5.70. The molecule has 0 radical (unpaired) electrons. The van der Waals surface area contributed by atoms with Crippen LogP contribution in [-0.2, 0) is 4.79 Å².